The highest BCUT2D eigenvalue weighted by Crippen LogP contribution is 2.41. The molecule has 150 valence electrons. The van der Waals surface area contributed by atoms with Crippen molar-refractivity contribution < 1.29 is 27.6 Å². The Morgan fingerprint density at radius 3 is 2.14 bits per heavy atom. The molecule has 11 heteroatoms. The van der Waals surface area contributed by atoms with Crippen molar-refractivity contribution in [3.63, 3.8) is 0 Å². The third-order valence-electron chi connectivity index (χ3n) is 3.76. The standard InChI is InChI=1S/C18H10Cl2FNO6S/c19-14-7-11(22(24)25)8-15(20)18(14)28-12-3-6-16(23)17(9-12)29(26,27)13-4-1-10(21)2-5-13/h1-9,23H. The van der Waals surface area contributed by atoms with Crippen LogP contribution in [0.1, 0.15) is 0 Å². The molecule has 1 N–H and O–H groups in total. The summed E-state index contributed by atoms with van der Waals surface area (Å²) in [5.41, 5.74) is -0.349. The summed E-state index contributed by atoms with van der Waals surface area (Å²) in [6.45, 7) is 0. The summed E-state index contributed by atoms with van der Waals surface area (Å²) in [5.74, 6) is -1.36. The van der Waals surface area contributed by atoms with Crippen molar-refractivity contribution in [1.29, 1.82) is 0 Å². The van der Waals surface area contributed by atoms with Gasteiger partial charge in [-0.1, -0.05) is 23.2 Å². The molecule has 0 aliphatic rings. The Morgan fingerprint density at radius 2 is 1.59 bits per heavy atom. The molecule has 0 radical (unpaired) electrons. The number of phenolic OH excluding ortho intramolecular Hbond substituents is 1. The monoisotopic (exact) mass is 457 g/mol. The summed E-state index contributed by atoms with van der Waals surface area (Å²) in [7, 11) is -4.19. The maximum atomic E-state index is 13.1. The second-order valence-electron chi connectivity index (χ2n) is 5.68. The number of benzene rings is 3. The van der Waals surface area contributed by atoms with E-state index in [1.54, 1.807) is 0 Å². The topological polar surface area (TPSA) is 107 Å². The maximum absolute atomic E-state index is 13.1. The third-order valence-corrected chi connectivity index (χ3v) is 6.12. The first-order valence-corrected chi connectivity index (χ1v) is 9.98. The fraction of sp³-hybridized carbons (Fsp3) is 0. The van der Waals surface area contributed by atoms with Crippen LogP contribution in [0.2, 0.25) is 10.0 Å². The van der Waals surface area contributed by atoms with E-state index < -0.39 is 31.2 Å². The highest BCUT2D eigenvalue weighted by atomic mass is 35.5. The normalized spacial score (nSPS) is 11.3. The van der Waals surface area contributed by atoms with Gasteiger partial charge in [-0.2, -0.15) is 0 Å². The summed E-state index contributed by atoms with van der Waals surface area (Å²) in [6, 6.07) is 9.48. The molecule has 3 aromatic rings. The summed E-state index contributed by atoms with van der Waals surface area (Å²) < 4.78 is 44.1. The molecule has 0 saturated carbocycles. The zero-order valence-corrected chi connectivity index (χ0v) is 16.5. The van der Waals surface area contributed by atoms with Gasteiger partial charge in [-0.05, 0) is 36.4 Å². The number of phenols is 1. The van der Waals surface area contributed by atoms with Gasteiger partial charge in [0, 0.05) is 18.2 Å². The Bertz CT molecular complexity index is 1190. The first-order chi connectivity index (χ1) is 13.6. The fourth-order valence-corrected chi connectivity index (χ4v) is 4.30. The molecule has 3 aromatic carbocycles. The van der Waals surface area contributed by atoms with Gasteiger partial charge in [-0.3, -0.25) is 10.1 Å². The van der Waals surface area contributed by atoms with Gasteiger partial charge < -0.3 is 9.84 Å². The van der Waals surface area contributed by atoms with Gasteiger partial charge in [-0.15, -0.1) is 0 Å². The van der Waals surface area contributed by atoms with Gasteiger partial charge >= 0.3 is 0 Å². The molecule has 0 atom stereocenters. The van der Waals surface area contributed by atoms with Crippen LogP contribution in [0.15, 0.2) is 64.4 Å². The summed E-state index contributed by atoms with van der Waals surface area (Å²) >= 11 is 12.0. The first kappa shape index (κ1) is 20.8. The predicted molar refractivity (Wildman–Crippen MR) is 103 cm³/mol. The molecular formula is C18H10Cl2FNO6S. The van der Waals surface area contributed by atoms with Crippen LogP contribution in [0.25, 0.3) is 0 Å². The summed E-state index contributed by atoms with van der Waals surface area (Å²) in [6.07, 6.45) is 0. The summed E-state index contributed by atoms with van der Waals surface area (Å²) in [5, 5.41) is 20.5. The zero-order chi connectivity index (χ0) is 21.3. The predicted octanol–water partition coefficient (Wildman–Crippen LogP) is 5.37. The second kappa shape index (κ2) is 7.86. The van der Waals surface area contributed by atoms with Gasteiger partial charge in [0.1, 0.15) is 22.2 Å². The van der Waals surface area contributed by atoms with Crippen molar-refractivity contribution in [3.8, 4) is 17.2 Å². The molecule has 0 fully saturated rings. The number of nitrogens with zero attached hydrogens (tertiary/aromatic N) is 1. The number of halogens is 3. The molecule has 0 aliphatic carbocycles. The zero-order valence-electron chi connectivity index (χ0n) is 14.2. The Balaban J connectivity index is 2.02. The SMILES string of the molecule is O=[N+]([O-])c1cc(Cl)c(Oc2ccc(O)c(S(=O)(=O)c3ccc(F)cc3)c2)c(Cl)c1. The minimum atomic E-state index is -4.19. The first-order valence-electron chi connectivity index (χ1n) is 7.74. The quantitative estimate of drug-likeness (QED) is 0.313. The molecule has 0 aliphatic heterocycles. The van der Waals surface area contributed by atoms with E-state index in [-0.39, 0.29) is 32.1 Å². The number of nitro groups is 1. The van der Waals surface area contributed by atoms with E-state index in [2.05, 4.69) is 0 Å². The van der Waals surface area contributed by atoms with E-state index in [0.717, 1.165) is 48.5 Å². The van der Waals surface area contributed by atoms with E-state index in [1.165, 1.54) is 6.07 Å². The second-order valence-corrected chi connectivity index (χ2v) is 8.42. The van der Waals surface area contributed by atoms with Crippen LogP contribution >= 0.6 is 23.2 Å². The van der Waals surface area contributed by atoms with Crippen LogP contribution in [0.3, 0.4) is 0 Å². The van der Waals surface area contributed by atoms with Crippen molar-refractivity contribution in [2.24, 2.45) is 0 Å². The van der Waals surface area contributed by atoms with Crippen LogP contribution in [0.4, 0.5) is 10.1 Å². The Kier molecular flexibility index (Phi) is 5.65. The average Bonchev–Trinajstić information content (AvgIpc) is 2.65. The van der Waals surface area contributed by atoms with E-state index in [0.29, 0.717) is 0 Å². The number of hydrogen-bond acceptors (Lipinski definition) is 6. The van der Waals surface area contributed by atoms with E-state index in [9.17, 15) is 28.0 Å². The molecule has 0 aromatic heterocycles. The van der Waals surface area contributed by atoms with Gasteiger partial charge in [-0.25, -0.2) is 12.8 Å². The molecular weight excluding hydrogens is 448 g/mol. The highest BCUT2D eigenvalue weighted by molar-refractivity contribution is 7.91. The van der Waals surface area contributed by atoms with Crippen molar-refractivity contribution in [2.75, 3.05) is 0 Å². The Hall–Kier alpha value is -2.88. The largest absolute Gasteiger partial charge is 0.507 e. The number of nitro benzene ring substituents is 1. The fourth-order valence-electron chi connectivity index (χ4n) is 2.38. The minimum Gasteiger partial charge on any atom is -0.507 e. The molecule has 0 bridgehead atoms. The third kappa shape index (κ3) is 4.26. The number of ether oxygens (including phenoxy) is 1. The van der Waals surface area contributed by atoms with Crippen LogP contribution < -0.4 is 4.74 Å². The van der Waals surface area contributed by atoms with E-state index in [1.807, 2.05) is 0 Å². The lowest BCUT2D eigenvalue weighted by molar-refractivity contribution is -0.384. The van der Waals surface area contributed by atoms with Crippen LogP contribution in [-0.2, 0) is 9.84 Å². The molecule has 0 amide bonds. The van der Waals surface area contributed by atoms with Crippen LogP contribution in [0.5, 0.6) is 17.2 Å². The van der Waals surface area contributed by atoms with Crippen molar-refractivity contribution >= 4 is 38.7 Å². The molecule has 0 spiro atoms. The number of aromatic hydroxyl groups is 1. The molecule has 0 heterocycles. The van der Waals surface area contributed by atoms with Gasteiger partial charge in [0.25, 0.3) is 5.69 Å². The summed E-state index contributed by atoms with van der Waals surface area (Å²) in [4.78, 5) is 9.44. The molecule has 0 unspecified atom stereocenters. The van der Waals surface area contributed by atoms with Crippen LogP contribution in [0, 0.1) is 15.9 Å². The van der Waals surface area contributed by atoms with Gasteiger partial charge in [0.2, 0.25) is 9.84 Å². The van der Waals surface area contributed by atoms with E-state index >= 15 is 0 Å². The highest BCUT2D eigenvalue weighted by Gasteiger charge is 2.23. The lowest BCUT2D eigenvalue weighted by atomic mass is 10.3. The molecule has 3 rings (SSSR count). The number of hydrogen-bond donors (Lipinski definition) is 1. The van der Waals surface area contributed by atoms with Gasteiger partial charge in [0.05, 0.1) is 19.9 Å². The Labute approximate surface area is 174 Å². The van der Waals surface area contributed by atoms with Gasteiger partial charge in [0.15, 0.2) is 5.75 Å². The van der Waals surface area contributed by atoms with Crippen LogP contribution in [-0.4, -0.2) is 18.4 Å². The number of sulfone groups is 1. The van der Waals surface area contributed by atoms with Crippen molar-refractivity contribution in [1.82, 2.24) is 0 Å². The van der Waals surface area contributed by atoms with E-state index in [4.69, 9.17) is 27.9 Å². The lowest BCUT2D eigenvalue weighted by Gasteiger charge is -2.12. The van der Waals surface area contributed by atoms with Crippen molar-refractivity contribution in [2.45, 2.75) is 9.79 Å². The molecule has 0 saturated heterocycles. The smallest absolute Gasteiger partial charge is 0.272 e. The lowest BCUT2D eigenvalue weighted by Crippen LogP contribution is -2.03. The minimum absolute atomic E-state index is 0.0545. The number of rotatable bonds is 5. The Morgan fingerprint density at radius 1 is 1.00 bits per heavy atom. The molecule has 7 nitrogen and oxygen atoms in total. The maximum Gasteiger partial charge on any atom is 0.272 e. The van der Waals surface area contributed by atoms with Crippen molar-refractivity contribution in [3.05, 3.63) is 80.6 Å². The molecule has 29 heavy (non-hydrogen) atoms. The average molecular weight is 458 g/mol. The number of non-ortho nitro benzene ring substituents is 1.